The molecule has 0 saturated carbocycles. The Balaban J connectivity index is 2.13. The summed E-state index contributed by atoms with van der Waals surface area (Å²) in [5, 5.41) is 0. The van der Waals surface area contributed by atoms with Gasteiger partial charge in [0.05, 0.1) is 12.7 Å². The van der Waals surface area contributed by atoms with E-state index in [4.69, 9.17) is 18.6 Å². The lowest BCUT2D eigenvalue weighted by atomic mass is 9.96. The molecule has 2 aromatic heterocycles. The van der Waals surface area contributed by atoms with Crippen molar-refractivity contribution in [2.45, 2.75) is 85.5 Å². The van der Waals surface area contributed by atoms with Gasteiger partial charge in [-0.3, -0.25) is 4.58 Å². The maximum Gasteiger partial charge on any atom is 0.228 e. The van der Waals surface area contributed by atoms with Crippen LogP contribution in [0.5, 0.6) is 5.75 Å². The van der Waals surface area contributed by atoms with Crippen LogP contribution in [0.3, 0.4) is 0 Å². The molecule has 152 valence electrons. The molecule has 0 aliphatic carbocycles. The third-order valence-electron chi connectivity index (χ3n) is 5.13. The minimum atomic E-state index is 0.436. The van der Waals surface area contributed by atoms with E-state index in [9.17, 15) is 0 Å². The van der Waals surface area contributed by atoms with Gasteiger partial charge in [0, 0.05) is 11.1 Å². The first-order valence-corrected chi connectivity index (χ1v) is 10.5. The van der Waals surface area contributed by atoms with Crippen LogP contribution in [-0.2, 0) is 6.42 Å². The van der Waals surface area contributed by atoms with E-state index in [2.05, 4.69) is 39.8 Å². The third kappa shape index (κ3) is 5.82. The second-order valence-corrected chi connectivity index (χ2v) is 7.77. The van der Waals surface area contributed by atoms with Crippen LogP contribution < -0.4 is 4.74 Å². The van der Waals surface area contributed by atoms with Crippen LogP contribution in [0.4, 0.5) is 0 Å². The molecular weight excluding hydrogens is 340 g/mol. The van der Waals surface area contributed by atoms with Crippen molar-refractivity contribution in [1.29, 1.82) is 0 Å². The van der Waals surface area contributed by atoms with Crippen molar-refractivity contribution >= 4 is 17.2 Å². The molecule has 2 bridgehead atoms. The molecule has 2 heterocycles. The summed E-state index contributed by atoms with van der Waals surface area (Å²) in [5.41, 5.74) is 4.46. The van der Waals surface area contributed by atoms with Crippen LogP contribution in [0.1, 0.15) is 88.8 Å². The first-order valence-electron chi connectivity index (χ1n) is 10.5. The Bertz CT molecular complexity index is 728. The molecule has 0 atom stereocenters. The van der Waals surface area contributed by atoms with Crippen molar-refractivity contribution in [3.63, 3.8) is 0 Å². The normalized spacial score (nSPS) is 11.9. The Hall–Kier alpha value is -1.84. The zero-order valence-corrected chi connectivity index (χ0v) is 17.7. The topological polar surface area (TPSA) is 48.7 Å². The third-order valence-corrected chi connectivity index (χ3v) is 5.13. The smallest absolute Gasteiger partial charge is 0.228 e. The van der Waals surface area contributed by atoms with Crippen LogP contribution in [0.15, 0.2) is 20.0 Å². The van der Waals surface area contributed by atoms with Crippen molar-refractivity contribution in [1.82, 2.24) is 0 Å². The molecule has 4 heteroatoms. The molecule has 4 nitrogen and oxygen atoms in total. The molecule has 3 rings (SSSR count). The minimum Gasteiger partial charge on any atom is -0.492 e. The van der Waals surface area contributed by atoms with Gasteiger partial charge < -0.3 is 4.74 Å². The molecule has 0 radical (unpaired) electrons. The summed E-state index contributed by atoms with van der Waals surface area (Å²) in [6.45, 7) is 8.60. The molecule has 0 aliphatic rings. The summed E-state index contributed by atoms with van der Waals surface area (Å²) >= 11 is 0. The Morgan fingerprint density at radius 3 is 2.19 bits per heavy atom. The highest BCUT2D eigenvalue weighted by atomic mass is 17.2. The quantitative estimate of drug-likeness (QED) is 0.279. The number of methoxy groups -OCH3 is 1. The summed E-state index contributed by atoms with van der Waals surface area (Å²) in [4.78, 5) is 0. The highest BCUT2D eigenvalue weighted by molar-refractivity contribution is 5.85. The van der Waals surface area contributed by atoms with Gasteiger partial charge in [-0.15, -0.1) is 0 Å². The molecule has 3 aromatic rings. The van der Waals surface area contributed by atoms with Gasteiger partial charge in [-0.2, -0.15) is 0 Å². The molecule has 0 amide bonds. The zero-order chi connectivity index (χ0) is 19.6. The second kappa shape index (κ2) is 11.1. The molecule has 27 heavy (non-hydrogen) atoms. The molecule has 0 spiro atoms. The fourth-order valence-corrected chi connectivity index (χ4v) is 3.53. The van der Waals surface area contributed by atoms with Gasteiger partial charge in [0.1, 0.15) is 0 Å². The minimum absolute atomic E-state index is 0.436. The van der Waals surface area contributed by atoms with E-state index in [0.717, 1.165) is 35.1 Å². The Morgan fingerprint density at radius 2 is 1.56 bits per heavy atom. The molecule has 0 N–H and O–H groups in total. The lowest BCUT2D eigenvalue weighted by molar-refractivity contribution is -0.157. The van der Waals surface area contributed by atoms with Crippen molar-refractivity contribution in [3.8, 4) is 5.75 Å². The first kappa shape index (κ1) is 21.5. The molecular formula is C23H36O4. The van der Waals surface area contributed by atoms with Crippen LogP contribution in [-0.4, -0.2) is 7.11 Å². The number of hydrogen-bond donors (Lipinski definition) is 0. The fraction of sp³-hybridized carbons (Fsp3) is 0.652. The van der Waals surface area contributed by atoms with Gasteiger partial charge in [-0.05, 0) is 25.7 Å². The van der Waals surface area contributed by atoms with Crippen molar-refractivity contribution in [3.05, 3.63) is 22.8 Å². The summed E-state index contributed by atoms with van der Waals surface area (Å²) in [6, 6.07) is 0. The Kier molecular flexibility index (Phi) is 8.83. The monoisotopic (exact) mass is 376 g/mol. The number of aryl methyl sites for hydroxylation is 2. The van der Waals surface area contributed by atoms with Crippen LogP contribution in [0, 0.1) is 12.8 Å². The average molecular weight is 377 g/mol. The number of ether oxygens (including phenoxy) is 1. The van der Waals surface area contributed by atoms with E-state index in [-0.39, 0.29) is 0 Å². The molecule has 0 saturated heterocycles. The Labute approximate surface area is 163 Å². The van der Waals surface area contributed by atoms with E-state index < -0.39 is 0 Å². The number of hydrogen-bond acceptors (Lipinski definition) is 4. The molecule has 0 fully saturated rings. The first-order chi connectivity index (χ1) is 13.1. The van der Waals surface area contributed by atoms with Crippen LogP contribution >= 0.6 is 0 Å². The number of allylic oxidation sites excluding steroid dienone is 1. The lowest BCUT2D eigenvalue weighted by Crippen LogP contribution is -1.98. The van der Waals surface area contributed by atoms with Crippen LogP contribution in [0.25, 0.3) is 17.2 Å². The van der Waals surface area contributed by atoms with Gasteiger partial charge in [-0.1, -0.05) is 82.6 Å². The van der Waals surface area contributed by atoms with E-state index in [1.807, 2.05) is 0 Å². The highest BCUT2D eigenvalue weighted by Crippen LogP contribution is 2.38. The van der Waals surface area contributed by atoms with Crippen molar-refractivity contribution in [2.75, 3.05) is 7.11 Å². The van der Waals surface area contributed by atoms with Gasteiger partial charge in [0.15, 0.2) is 11.3 Å². The van der Waals surface area contributed by atoms with E-state index in [1.54, 1.807) is 7.11 Å². The van der Waals surface area contributed by atoms with Crippen LogP contribution in [0.2, 0.25) is 0 Å². The lowest BCUT2D eigenvalue weighted by Gasteiger charge is -2.11. The molecule has 0 unspecified atom stereocenters. The van der Waals surface area contributed by atoms with Gasteiger partial charge >= 0.3 is 0 Å². The van der Waals surface area contributed by atoms with Gasteiger partial charge in [0.25, 0.3) is 0 Å². The predicted octanol–water partition coefficient (Wildman–Crippen LogP) is 7.85. The summed E-state index contributed by atoms with van der Waals surface area (Å²) < 4.78 is 21.4. The fourth-order valence-electron chi connectivity index (χ4n) is 3.53. The number of fused-ring (bicyclic) bond motifs is 4. The number of rotatable bonds is 12. The molecule has 1 aromatic carbocycles. The van der Waals surface area contributed by atoms with E-state index in [0.29, 0.717) is 17.3 Å². The maximum atomic E-state index is 5.61. The van der Waals surface area contributed by atoms with Crippen molar-refractivity contribution < 1.29 is 18.6 Å². The number of benzene rings is 1. The Morgan fingerprint density at radius 1 is 0.926 bits per heavy atom. The SMILES string of the molecule is CCCCCCCCCCc1c(C)c2oooc1c(/C=C/C(C)C)c2OC. The average Bonchev–Trinajstić information content (AvgIpc) is 2.92. The predicted molar refractivity (Wildman–Crippen MR) is 111 cm³/mol. The summed E-state index contributed by atoms with van der Waals surface area (Å²) in [6.07, 6.45) is 15.6. The highest BCUT2D eigenvalue weighted by Gasteiger charge is 2.22. The molecule has 0 aliphatic heterocycles. The zero-order valence-electron chi connectivity index (χ0n) is 17.7. The summed E-state index contributed by atoms with van der Waals surface area (Å²) in [5.74, 6) is 1.11. The van der Waals surface area contributed by atoms with Crippen molar-refractivity contribution in [2.24, 2.45) is 5.92 Å². The van der Waals surface area contributed by atoms with E-state index >= 15 is 0 Å². The summed E-state index contributed by atoms with van der Waals surface area (Å²) in [7, 11) is 1.65. The second-order valence-electron chi connectivity index (χ2n) is 7.77. The maximum absolute atomic E-state index is 5.61. The standard InChI is InChI=1S/C23H36O4/c1-6-7-8-9-10-11-12-13-14-19-18(4)21-23(24-5)20(16-15-17(2)3)22(19)26-27-25-21/h15-17H,6-14H2,1-5H3/b16-15+. The number of unbranched alkanes of at least 4 members (excludes halogenated alkanes) is 7. The van der Waals surface area contributed by atoms with Gasteiger partial charge in [-0.25, -0.2) is 4.58 Å². The van der Waals surface area contributed by atoms with E-state index in [1.165, 1.54) is 44.9 Å². The largest absolute Gasteiger partial charge is 0.492 e. The van der Waals surface area contributed by atoms with Gasteiger partial charge in [0.2, 0.25) is 5.58 Å².